The molecule has 2 rings (SSSR count). The van der Waals surface area contributed by atoms with E-state index in [-0.39, 0.29) is 6.04 Å². The normalized spacial score (nSPS) is 26.4. The van der Waals surface area contributed by atoms with E-state index in [4.69, 9.17) is 4.74 Å². The highest BCUT2D eigenvalue weighted by Crippen LogP contribution is 2.21. The van der Waals surface area contributed by atoms with Crippen molar-refractivity contribution in [2.45, 2.75) is 38.1 Å². The van der Waals surface area contributed by atoms with Crippen LogP contribution in [0.3, 0.4) is 0 Å². The van der Waals surface area contributed by atoms with Gasteiger partial charge in [0.1, 0.15) is 0 Å². The van der Waals surface area contributed by atoms with E-state index in [1.165, 1.54) is 0 Å². The number of rotatable bonds is 4. The van der Waals surface area contributed by atoms with Crippen LogP contribution in [0.15, 0.2) is 0 Å². The molecule has 0 aromatic rings. The molecule has 0 bridgehead atoms. The Balaban J connectivity index is 1.72. The molecule has 1 atom stereocenters. The van der Waals surface area contributed by atoms with Crippen molar-refractivity contribution in [1.82, 2.24) is 10.2 Å². The molecule has 0 aliphatic carbocycles. The van der Waals surface area contributed by atoms with Gasteiger partial charge in [-0.1, -0.05) is 0 Å². The Bertz CT molecular complexity index is 244. The lowest BCUT2D eigenvalue weighted by molar-refractivity contribution is -0.134. The van der Waals surface area contributed by atoms with Gasteiger partial charge in [-0.25, -0.2) is 0 Å². The van der Waals surface area contributed by atoms with E-state index in [2.05, 4.69) is 5.32 Å². The maximum atomic E-state index is 12.2. The van der Waals surface area contributed by atoms with E-state index < -0.39 is 0 Å². The second-order valence-corrected chi connectivity index (χ2v) is 5.20. The maximum Gasteiger partial charge on any atom is 0.239 e. The van der Waals surface area contributed by atoms with Crippen LogP contribution >= 0.6 is 0 Å². The Morgan fingerprint density at radius 1 is 1.35 bits per heavy atom. The molecule has 0 spiro atoms. The van der Waals surface area contributed by atoms with Gasteiger partial charge in [0.25, 0.3) is 0 Å². The molecule has 0 aromatic carbocycles. The van der Waals surface area contributed by atoms with Crippen LogP contribution in [0.25, 0.3) is 0 Å². The molecular formula is C13H24N2O2. The second kappa shape index (κ2) is 6.36. The summed E-state index contributed by atoms with van der Waals surface area (Å²) in [5.74, 6) is 1.07. The van der Waals surface area contributed by atoms with Crippen LogP contribution in [0.1, 0.15) is 32.1 Å². The maximum absolute atomic E-state index is 12.2. The van der Waals surface area contributed by atoms with E-state index in [9.17, 15) is 4.79 Å². The number of ether oxygens (including phenoxy) is 1. The number of carbonyl (C=O) groups is 1. The van der Waals surface area contributed by atoms with Gasteiger partial charge in [-0.05, 0) is 44.6 Å². The quantitative estimate of drug-likeness (QED) is 0.797. The van der Waals surface area contributed by atoms with Gasteiger partial charge in [0.05, 0.1) is 6.04 Å². The molecule has 4 nitrogen and oxygen atoms in total. The molecule has 1 amide bonds. The van der Waals surface area contributed by atoms with Gasteiger partial charge in [0, 0.05) is 26.8 Å². The van der Waals surface area contributed by atoms with Gasteiger partial charge in [-0.2, -0.15) is 0 Å². The van der Waals surface area contributed by atoms with E-state index in [0.29, 0.717) is 5.91 Å². The summed E-state index contributed by atoms with van der Waals surface area (Å²) in [7, 11) is 1.75. The van der Waals surface area contributed by atoms with Crippen molar-refractivity contribution < 1.29 is 9.53 Å². The van der Waals surface area contributed by atoms with Gasteiger partial charge in [0.15, 0.2) is 0 Å². The molecule has 0 aromatic heterocycles. The summed E-state index contributed by atoms with van der Waals surface area (Å²) in [4.78, 5) is 14.2. The molecular weight excluding hydrogens is 216 g/mol. The Morgan fingerprint density at radius 2 is 2.12 bits per heavy atom. The van der Waals surface area contributed by atoms with Crippen molar-refractivity contribution in [2.24, 2.45) is 5.92 Å². The molecule has 2 fully saturated rings. The SMILES string of the molecule is COCCC1CCN(C(=O)[C@H]2CCCN2)CC1. The first-order chi connectivity index (χ1) is 8.31. The number of carbonyl (C=O) groups excluding carboxylic acids is 1. The van der Waals surface area contributed by atoms with E-state index in [1.807, 2.05) is 4.90 Å². The van der Waals surface area contributed by atoms with Crippen molar-refractivity contribution in [2.75, 3.05) is 33.4 Å². The van der Waals surface area contributed by atoms with Crippen molar-refractivity contribution >= 4 is 5.91 Å². The Labute approximate surface area is 104 Å². The smallest absolute Gasteiger partial charge is 0.239 e. The highest BCUT2D eigenvalue weighted by molar-refractivity contribution is 5.82. The molecule has 2 heterocycles. The zero-order chi connectivity index (χ0) is 12.1. The summed E-state index contributed by atoms with van der Waals surface area (Å²) in [6.07, 6.45) is 5.58. The number of nitrogens with one attached hydrogen (secondary N) is 1. The van der Waals surface area contributed by atoms with Crippen LogP contribution in [0, 0.1) is 5.92 Å². The third-order valence-corrected chi connectivity index (χ3v) is 4.01. The highest BCUT2D eigenvalue weighted by Gasteiger charge is 2.29. The highest BCUT2D eigenvalue weighted by atomic mass is 16.5. The topological polar surface area (TPSA) is 41.6 Å². The number of amides is 1. The molecule has 17 heavy (non-hydrogen) atoms. The van der Waals surface area contributed by atoms with Crippen LogP contribution in [0.2, 0.25) is 0 Å². The lowest BCUT2D eigenvalue weighted by Crippen LogP contribution is -2.47. The number of hydrogen-bond donors (Lipinski definition) is 1. The summed E-state index contributed by atoms with van der Waals surface area (Å²) < 4.78 is 5.11. The van der Waals surface area contributed by atoms with Gasteiger partial charge in [-0.3, -0.25) is 4.79 Å². The van der Waals surface area contributed by atoms with Crippen molar-refractivity contribution in [3.8, 4) is 0 Å². The van der Waals surface area contributed by atoms with Gasteiger partial charge in [0.2, 0.25) is 5.91 Å². The van der Waals surface area contributed by atoms with Crippen molar-refractivity contribution in [1.29, 1.82) is 0 Å². The fraction of sp³-hybridized carbons (Fsp3) is 0.923. The van der Waals surface area contributed by atoms with Crippen LogP contribution in [0.4, 0.5) is 0 Å². The molecule has 0 saturated carbocycles. The summed E-state index contributed by atoms with van der Waals surface area (Å²) in [5.41, 5.74) is 0. The third-order valence-electron chi connectivity index (χ3n) is 4.01. The summed E-state index contributed by atoms with van der Waals surface area (Å²) in [5, 5.41) is 3.29. The summed E-state index contributed by atoms with van der Waals surface area (Å²) in [6, 6.07) is 0.102. The fourth-order valence-corrected chi connectivity index (χ4v) is 2.84. The van der Waals surface area contributed by atoms with Crippen molar-refractivity contribution in [3.63, 3.8) is 0 Å². The molecule has 0 radical (unpaired) electrons. The van der Waals surface area contributed by atoms with E-state index in [0.717, 1.165) is 64.3 Å². The van der Waals surface area contributed by atoms with Crippen LogP contribution in [-0.4, -0.2) is 50.2 Å². The van der Waals surface area contributed by atoms with Gasteiger partial charge >= 0.3 is 0 Å². The number of methoxy groups -OCH3 is 1. The molecule has 2 saturated heterocycles. The first-order valence-electron chi connectivity index (χ1n) is 6.82. The van der Waals surface area contributed by atoms with Crippen molar-refractivity contribution in [3.05, 3.63) is 0 Å². The molecule has 1 N–H and O–H groups in total. The zero-order valence-corrected chi connectivity index (χ0v) is 10.8. The first-order valence-corrected chi connectivity index (χ1v) is 6.82. The zero-order valence-electron chi connectivity index (χ0n) is 10.8. The largest absolute Gasteiger partial charge is 0.385 e. The Kier molecular flexibility index (Phi) is 4.80. The number of nitrogens with zero attached hydrogens (tertiary/aromatic N) is 1. The van der Waals surface area contributed by atoms with E-state index in [1.54, 1.807) is 7.11 Å². The van der Waals surface area contributed by atoms with E-state index >= 15 is 0 Å². The first kappa shape index (κ1) is 12.8. The molecule has 2 aliphatic heterocycles. The lowest BCUT2D eigenvalue weighted by Gasteiger charge is -2.33. The minimum atomic E-state index is 0.102. The standard InChI is InChI=1S/C13H24N2O2/c1-17-10-6-11-4-8-15(9-5-11)13(16)12-3-2-7-14-12/h11-12,14H,2-10H2,1H3/t12-/m1/s1. The molecule has 4 heteroatoms. The monoisotopic (exact) mass is 240 g/mol. The minimum absolute atomic E-state index is 0.102. The Hall–Kier alpha value is -0.610. The summed E-state index contributed by atoms with van der Waals surface area (Å²) in [6.45, 7) is 3.72. The third kappa shape index (κ3) is 3.42. The number of likely N-dealkylation sites (tertiary alicyclic amines) is 1. The molecule has 98 valence electrons. The minimum Gasteiger partial charge on any atom is -0.385 e. The lowest BCUT2D eigenvalue weighted by atomic mass is 9.93. The van der Waals surface area contributed by atoms with Gasteiger partial charge in [-0.15, -0.1) is 0 Å². The van der Waals surface area contributed by atoms with Gasteiger partial charge < -0.3 is 15.0 Å². The van der Waals surface area contributed by atoms with Crippen LogP contribution in [0.5, 0.6) is 0 Å². The number of piperidine rings is 1. The predicted molar refractivity (Wildman–Crippen MR) is 66.8 cm³/mol. The fourth-order valence-electron chi connectivity index (χ4n) is 2.84. The average molecular weight is 240 g/mol. The predicted octanol–water partition coefficient (Wildman–Crippen LogP) is 1.01. The molecule has 2 aliphatic rings. The van der Waals surface area contributed by atoms with Crippen LogP contribution < -0.4 is 5.32 Å². The Morgan fingerprint density at radius 3 is 2.71 bits per heavy atom. The van der Waals surface area contributed by atoms with Crippen LogP contribution in [-0.2, 0) is 9.53 Å². The second-order valence-electron chi connectivity index (χ2n) is 5.20. The molecule has 0 unspecified atom stereocenters. The summed E-state index contributed by atoms with van der Waals surface area (Å²) >= 11 is 0. The number of hydrogen-bond acceptors (Lipinski definition) is 3. The average Bonchev–Trinajstić information content (AvgIpc) is 2.90.